The molecule has 2 aromatic heterocycles. The molecule has 1 amide bonds. The van der Waals surface area contributed by atoms with Crippen LogP contribution >= 0.6 is 0 Å². The number of rotatable bonds is 5. The van der Waals surface area contributed by atoms with Gasteiger partial charge in [0, 0.05) is 24.4 Å². The summed E-state index contributed by atoms with van der Waals surface area (Å²) in [5, 5.41) is 2.92. The number of nitrogens with zero attached hydrogens (tertiary/aromatic N) is 1. The average Bonchev–Trinajstić information content (AvgIpc) is 2.86. The Balaban J connectivity index is 1.67. The zero-order chi connectivity index (χ0) is 17.8. The van der Waals surface area contributed by atoms with Gasteiger partial charge in [-0.15, -0.1) is 0 Å². The molecule has 5 nitrogen and oxygen atoms in total. The minimum atomic E-state index is -0.144. The Morgan fingerprint density at radius 1 is 1.12 bits per heavy atom. The number of benzene rings is 1. The molecule has 3 rings (SSSR count). The fraction of sp³-hybridized carbons (Fsp3) is 0.200. The second kappa shape index (κ2) is 7.21. The van der Waals surface area contributed by atoms with Gasteiger partial charge in [0.15, 0.2) is 0 Å². The van der Waals surface area contributed by atoms with Crippen molar-refractivity contribution in [1.29, 1.82) is 0 Å². The van der Waals surface area contributed by atoms with Crippen LogP contribution in [0.3, 0.4) is 0 Å². The Kier molecular flexibility index (Phi) is 4.84. The number of furan rings is 1. The van der Waals surface area contributed by atoms with Crippen molar-refractivity contribution in [2.45, 2.75) is 27.3 Å². The van der Waals surface area contributed by atoms with Gasteiger partial charge in [-0.2, -0.15) is 0 Å². The first-order valence-corrected chi connectivity index (χ1v) is 8.07. The van der Waals surface area contributed by atoms with E-state index in [1.165, 1.54) is 0 Å². The van der Waals surface area contributed by atoms with Gasteiger partial charge in [0.25, 0.3) is 5.91 Å². The van der Waals surface area contributed by atoms with E-state index in [9.17, 15) is 4.79 Å². The second-order valence-corrected chi connectivity index (χ2v) is 5.81. The first-order chi connectivity index (χ1) is 12.0. The molecule has 0 saturated carbocycles. The predicted octanol–water partition coefficient (Wildman–Crippen LogP) is 4.32. The molecule has 0 saturated heterocycles. The zero-order valence-electron chi connectivity index (χ0n) is 14.5. The third-order valence-electron chi connectivity index (χ3n) is 4.01. The molecule has 0 unspecified atom stereocenters. The summed E-state index contributed by atoms with van der Waals surface area (Å²) in [4.78, 5) is 16.6. The maximum Gasteiger partial charge on any atom is 0.255 e. The molecular weight excluding hydrogens is 316 g/mol. The van der Waals surface area contributed by atoms with E-state index in [2.05, 4.69) is 10.3 Å². The van der Waals surface area contributed by atoms with Crippen LogP contribution in [0.25, 0.3) is 0 Å². The molecule has 0 aliphatic heterocycles. The standard InChI is InChI=1S/C20H20N2O3/c1-13-14(2)24-15(3)19(13)20(23)22-12-16-9-10-21-18(11-16)25-17-7-5-4-6-8-17/h4-11H,12H2,1-3H3,(H,22,23). The van der Waals surface area contributed by atoms with Gasteiger partial charge in [-0.25, -0.2) is 4.98 Å². The summed E-state index contributed by atoms with van der Waals surface area (Å²) in [6.45, 7) is 5.93. The summed E-state index contributed by atoms with van der Waals surface area (Å²) in [7, 11) is 0. The number of hydrogen-bond donors (Lipinski definition) is 1. The van der Waals surface area contributed by atoms with Crippen LogP contribution in [0.15, 0.2) is 53.1 Å². The van der Waals surface area contributed by atoms with Crippen LogP contribution in [-0.4, -0.2) is 10.9 Å². The number of para-hydroxylation sites is 1. The molecule has 0 aliphatic carbocycles. The Bertz CT molecular complexity index is 885. The first-order valence-electron chi connectivity index (χ1n) is 8.07. The number of carbonyl (C=O) groups is 1. The molecule has 5 heteroatoms. The Morgan fingerprint density at radius 3 is 2.56 bits per heavy atom. The third kappa shape index (κ3) is 3.88. The molecule has 3 aromatic rings. The molecule has 128 valence electrons. The fourth-order valence-electron chi connectivity index (χ4n) is 2.62. The van der Waals surface area contributed by atoms with Crippen LogP contribution in [0.2, 0.25) is 0 Å². The van der Waals surface area contributed by atoms with Crippen molar-refractivity contribution in [3.05, 3.63) is 76.9 Å². The summed E-state index contributed by atoms with van der Waals surface area (Å²) in [6, 6.07) is 13.1. The highest BCUT2D eigenvalue weighted by molar-refractivity contribution is 5.96. The molecule has 0 spiro atoms. The summed E-state index contributed by atoms with van der Waals surface area (Å²) in [5.74, 6) is 2.47. The van der Waals surface area contributed by atoms with Crippen molar-refractivity contribution in [1.82, 2.24) is 10.3 Å². The Morgan fingerprint density at radius 2 is 1.88 bits per heavy atom. The highest BCUT2D eigenvalue weighted by atomic mass is 16.5. The van der Waals surface area contributed by atoms with Gasteiger partial charge in [0.2, 0.25) is 5.88 Å². The van der Waals surface area contributed by atoms with Crippen molar-refractivity contribution in [3.8, 4) is 11.6 Å². The Hall–Kier alpha value is -3.08. The van der Waals surface area contributed by atoms with Crippen molar-refractivity contribution in [2.24, 2.45) is 0 Å². The lowest BCUT2D eigenvalue weighted by Crippen LogP contribution is -2.23. The van der Waals surface area contributed by atoms with Crippen LogP contribution in [-0.2, 0) is 6.54 Å². The van der Waals surface area contributed by atoms with Gasteiger partial charge in [-0.05, 0) is 44.5 Å². The van der Waals surface area contributed by atoms with Crippen molar-refractivity contribution in [2.75, 3.05) is 0 Å². The van der Waals surface area contributed by atoms with E-state index in [0.29, 0.717) is 23.7 Å². The van der Waals surface area contributed by atoms with Gasteiger partial charge in [-0.3, -0.25) is 4.79 Å². The highest BCUT2D eigenvalue weighted by Crippen LogP contribution is 2.21. The predicted molar refractivity (Wildman–Crippen MR) is 94.8 cm³/mol. The monoisotopic (exact) mass is 336 g/mol. The van der Waals surface area contributed by atoms with Gasteiger partial charge in [-0.1, -0.05) is 18.2 Å². The smallest absolute Gasteiger partial charge is 0.255 e. The maximum atomic E-state index is 12.4. The maximum absolute atomic E-state index is 12.4. The molecule has 0 bridgehead atoms. The van der Waals surface area contributed by atoms with E-state index in [0.717, 1.165) is 22.6 Å². The number of hydrogen-bond acceptors (Lipinski definition) is 4. The minimum absolute atomic E-state index is 0.144. The highest BCUT2D eigenvalue weighted by Gasteiger charge is 2.18. The van der Waals surface area contributed by atoms with E-state index in [4.69, 9.17) is 9.15 Å². The summed E-state index contributed by atoms with van der Waals surface area (Å²) >= 11 is 0. The largest absolute Gasteiger partial charge is 0.466 e. The quantitative estimate of drug-likeness (QED) is 0.753. The van der Waals surface area contributed by atoms with E-state index in [1.54, 1.807) is 13.1 Å². The van der Waals surface area contributed by atoms with E-state index in [1.807, 2.05) is 56.3 Å². The minimum Gasteiger partial charge on any atom is -0.466 e. The molecule has 25 heavy (non-hydrogen) atoms. The number of carbonyl (C=O) groups excluding carboxylic acids is 1. The number of aryl methyl sites for hydroxylation is 2. The molecule has 0 atom stereocenters. The molecular formula is C20H20N2O3. The van der Waals surface area contributed by atoms with Crippen molar-refractivity contribution >= 4 is 5.91 Å². The Labute approximate surface area is 146 Å². The normalized spacial score (nSPS) is 10.5. The lowest BCUT2D eigenvalue weighted by Gasteiger charge is -2.08. The molecule has 0 radical (unpaired) electrons. The second-order valence-electron chi connectivity index (χ2n) is 5.81. The van der Waals surface area contributed by atoms with Crippen LogP contribution in [0.4, 0.5) is 0 Å². The molecule has 1 aromatic carbocycles. The van der Waals surface area contributed by atoms with Gasteiger partial charge < -0.3 is 14.5 Å². The van der Waals surface area contributed by atoms with Gasteiger partial charge in [0.1, 0.15) is 17.3 Å². The summed E-state index contributed by atoms with van der Waals surface area (Å²) in [6.07, 6.45) is 1.66. The van der Waals surface area contributed by atoms with Crippen LogP contribution < -0.4 is 10.1 Å². The fourth-order valence-corrected chi connectivity index (χ4v) is 2.62. The zero-order valence-corrected chi connectivity index (χ0v) is 14.5. The number of aromatic nitrogens is 1. The van der Waals surface area contributed by atoms with Crippen molar-refractivity contribution in [3.63, 3.8) is 0 Å². The van der Waals surface area contributed by atoms with Crippen LogP contribution in [0.1, 0.15) is 33.0 Å². The van der Waals surface area contributed by atoms with Crippen LogP contribution in [0, 0.1) is 20.8 Å². The molecule has 2 heterocycles. The van der Waals surface area contributed by atoms with E-state index < -0.39 is 0 Å². The lowest BCUT2D eigenvalue weighted by atomic mass is 10.1. The molecule has 1 N–H and O–H groups in total. The lowest BCUT2D eigenvalue weighted by molar-refractivity contribution is 0.0949. The number of amides is 1. The van der Waals surface area contributed by atoms with Crippen molar-refractivity contribution < 1.29 is 13.9 Å². The number of ether oxygens (including phenoxy) is 1. The topological polar surface area (TPSA) is 64.4 Å². The average molecular weight is 336 g/mol. The summed E-state index contributed by atoms with van der Waals surface area (Å²) in [5.41, 5.74) is 2.38. The molecule has 0 fully saturated rings. The van der Waals surface area contributed by atoms with E-state index in [-0.39, 0.29) is 5.91 Å². The van der Waals surface area contributed by atoms with Gasteiger partial charge >= 0.3 is 0 Å². The SMILES string of the molecule is Cc1oc(C)c(C(=O)NCc2ccnc(Oc3ccccc3)c2)c1C. The molecule has 0 aliphatic rings. The number of pyridine rings is 1. The van der Waals surface area contributed by atoms with Crippen LogP contribution in [0.5, 0.6) is 11.6 Å². The van der Waals surface area contributed by atoms with E-state index >= 15 is 0 Å². The summed E-state index contributed by atoms with van der Waals surface area (Å²) < 4.78 is 11.2. The van der Waals surface area contributed by atoms with Gasteiger partial charge in [0.05, 0.1) is 5.56 Å². The first kappa shape index (κ1) is 16.8. The third-order valence-corrected chi connectivity index (χ3v) is 4.01. The number of nitrogens with one attached hydrogen (secondary N) is 1.